The average Bonchev–Trinajstić information content (AvgIpc) is 3.10. The van der Waals surface area contributed by atoms with Crippen molar-refractivity contribution in [3.05, 3.63) is 68.6 Å². The summed E-state index contributed by atoms with van der Waals surface area (Å²) in [5.41, 5.74) is 0.617. The molecule has 1 aliphatic rings. The predicted octanol–water partition coefficient (Wildman–Crippen LogP) is 5.03. The highest BCUT2D eigenvalue weighted by Crippen LogP contribution is 2.37. The van der Waals surface area contributed by atoms with E-state index in [2.05, 4.69) is 0 Å². The number of rotatable bonds is 9. The number of nitrogens with zero attached hydrogens (tertiary/aromatic N) is 1. The van der Waals surface area contributed by atoms with Crippen LogP contribution in [-0.4, -0.2) is 54.0 Å². The van der Waals surface area contributed by atoms with Gasteiger partial charge in [0, 0.05) is 5.39 Å². The summed E-state index contributed by atoms with van der Waals surface area (Å²) in [7, 11) is 1.44. The molecule has 0 bridgehead atoms. The number of hydrogen-bond acceptors (Lipinski definition) is 7. The molecule has 10 heteroatoms. The highest BCUT2D eigenvalue weighted by molar-refractivity contribution is 14.1. The molecule has 1 fully saturated rings. The zero-order valence-electron chi connectivity index (χ0n) is 18.5. The lowest BCUT2D eigenvalue weighted by atomic mass is 10.1. The van der Waals surface area contributed by atoms with Gasteiger partial charge < -0.3 is 19.3 Å². The van der Waals surface area contributed by atoms with E-state index in [0.717, 1.165) is 27.4 Å². The average molecular weight is 605 g/mol. The fourth-order valence-electron chi connectivity index (χ4n) is 3.51. The molecule has 1 N–H and O–H groups in total. The van der Waals surface area contributed by atoms with E-state index in [0.29, 0.717) is 26.4 Å². The van der Waals surface area contributed by atoms with Crippen molar-refractivity contribution in [1.29, 1.82) is 0 Å². The lowest BCUT2D eigenvalue weighted by molar-refractivity contribution is -0.139. The second-order valence-corrected chi connectivity index (χ2v) is 9.53. The van der Waals surface area contributed by atoms with Crippen LogP contribution in [0.2, 0.25) is 0 Å². The number of carbonyl (C=O) groups is 3. The summed E-state index contributed by atoms with van der Waals surface area (Å²) >= 11 is 2.85. The van der Waals surface area contributed by atoms with Gasteiger partial charge >= 0.3 is 5.97 Å². The fraction of sp³-hybridized carbons (Fsp3) is 0.160. The third-order valence-electron chi connectivity index (χ3n) is 5.09. The Bertz CT molecular complexity index is 1340. The third kappa shape index (κ3) is 5.70. The third-order valence-corrected chi connectivity index (χ3v) is 6.79. The number of fused-ring (bicyclic) bond motifs is 1. The first-order valence-electron chi connectivity index (χ1n) is 10.5. The van der Waals surface area contributed by atoms with Crippen LogP contribution in [0.3, 0.4) is 0 Å². The van der Waals surface area contributed by atoms with E-state index in [9.17, 15) is 14.4 Å². The molecule has 0 saturated carbocycles. The molecule has 2 amide bonds. The van der Waals surface area contributed by atoms with Crippen molar-refractivity contribution in [3.8, 4) is 17.2 Å². The lowest BCUT2D eigenvalue weighted by Crippen LogP contribution is -2.32. The number of thioether (sulfide) groups is 1. The Morgan fingerprint density at radius 2 is 1.86 bits per heavy atom. The fourth-order valence-corrected chi connectivity index (χ4v) is 5.16. The van der Waals surface area contributed by atoms with E-state index in [1.807, 2.05) is 65.1 Å². The first-order chi connectivity index (χ1) is 16.9. The van der Waals surface area contributed by atoms with Gasteiger partial charge in [-0.25, -0.2) is 4.79 Å². The van der Waals surface area contributed by atoms with Crippen LogP contribution in [0.4, 0.5) is 4.79 Å². The number of aliphatic carboxylic acids is 1. The Morgan fingerprint density at radius 3 is 2.63 bits per heavy atom. The molecule has 0 spiro atoms. The maximum atomic E-state index is 12.9. The van der Waals surface area contributed by atoms with Crippen molar-refractivity contribution in [2.75, 3.05) is 26.9 Å². The molecule has 0 radical (unpaired) electrons. The Labute approximate surface area is 219 Å². The zero-order valence-corrected chi connectivity index (χ0v) is 21.5. The predicted molar refractivity (Wildman–Crippen MR) is 141 cm³/mol. The molecule has 0 unspecified atom stereocenters. The quantitative estimate of drug-likeness (QED) is 0.268. The van der Waals surface area contributed by atoms with Crippen LogP contribution in [0.1, 0.15) is 5.56 Å². The Balaban J connectivity index is 1.46. The maximum Gasteiger partial charge on any atom is 0.341 e. The SMILES string of the molecule is COc1cc(/C=C2\SC(=O)N(CCOc3cccc4ccccc34)C2=O)cc(I)c1OCC(=O)O. The van der Waals surface area contributed by atoms with Crippen molar-refractivity contribution in [2.24, 2.45) is 0 Å². The summed E-state index contributed by atoms with van der Waals surface area (Å²) in [6, 6.07) is 16.9. The molecule has 1 aliphatic heterocycles. The zero-order chi connectivity index (χ0) is 24.9. The van der Waals surface area contributed by atoms with Crippen LogP contribution in [0.25, 0.3) is 16.8 Å². The van der Waals surface area contributed by atoms with Gasteiger partial charge in [0.1, 0.15) is 12.4 Å². The van der Waals surface area contributed by atoms with Gasteiger partial charge in [-0.15, -0.1) is 0 Å². The molecule has 3 aromatic rings. The molecule has 180 valence electrons. The summed E-state index contributed by atoms with van der Waals surface area (Å²) < 4.78 is 17.1. The van der Waals surface area contributed by atoms with Crippen LogP contribution < -0.4 is 14.2 Å². The van der Waals surface area contributed by atoms with Gasteiger partial charge in [0.2, 0.25) is 0 Å². The molecule has 1 heterocycles. The molecular weight excluding hydrogens is 585 g/mol. The topological polar surface area (TPSA) is 102 Å². The number of hydrogen-bond donors (Lipinski definition) is 1. The smallest absolute Gasteiger partial charge is 0.341 e. The van der Waals surface area contributed by atoms with Gasteiger partial charge in [-0.3, -0.25) is 14.5 Å². The first-order valence-corrected chi connectivity index (χ1v) is 12.3. The van der Waals surface area contributed by atoms with E-state index in [1.54, 1.807) is 18.2 Å². The molecule has 1 saturated heterocycles. The van der Waals surface area contributed by atoms with Crippen molar-refractivity contribution in [2.45, 2.75) is 0 Å². The Kier molecular flexibility index (Phi) is 7.81. The molecule has 4 rings (SSSR count). The van der Waals surface area contributed by atoms with E-state index in [-0.39, 0.29) is 23.3 Å². The Hall–Kier alpha value is -3.25. The summed E-state index contributed by atoms with van der Waals surface area (Å²) in [5, 5.41) is 10.5. The van der Waals surface area contributed by atoms with Crippen LogP contribution in [-0.2, 0) is 9.59 Å². The van der Waals surface area contributed by atoms with E-state index < -0.39 is 18.5 Å². The molecule has 35 heavy (non-hydrogen) atoms. The van der Waals surface area contributed by atoms with Crippen LogP contribution in [0, 0.1) is 3.57 Å². The summed E-state index contributed by atoms with van der Waals surface area (Å²) in [5.74, 6) is -0.192. The van der Waals surface area contributed by atoms with Crippen LogP contribution in [0.5, 0.6) is 17.2 Å². The van der Waals surface area contributed by atoms with E-state index >= 15 is 0 Å². The molecule has 3 aromatic carbocycles. The van der Waals surface area contributed by atoms with Gasteiger partial charge in [-0.2, -0.15) is 0 Å². The second kappa shape index (κ2) is 11.0. The summed E-state index contributed by atoms with van der Waals surface area (Å²) in [4.78, 5) is 37.7. The van der Waals surface area contributed by atoms with Gasteiger partial charge in [-0.1, -0.05) is 36.4 Å². The standard InChI is InChI=1S/C25H20INO7S/c1-32-20-12-15(11-18(26)23(20)34-14-22(28)29)13-21-24(30)27(25(31)35-21)9-10-33-19-8-4-6-16-5-2-3-7-17(16)19/h2-8,11-13H,9-10,14H2,1H3,(H,28,29)/b21-13-. The summed E-state index contributed by atoms with van der Waals surface area (Å²) in [6.07, 6.45) is 1.60. The highest BCUT2D eigenvalue weighted by atomic mass is 127. The number of carbonyl (C=O) groups excluding carboxylic acids is 2. The molecule has 0 aliphatic carbocycles. The van der Waals surface area contributed by atoms with E-state index in [4.69, 9.17) is 19.3 Å². The monoisotopic (exact) mass is 605 g/mol. The van der Waals surface area contributed by atoms with Gasteiger partial charge in [0.15, 0.2) is 18.1 Å². The van der Waals surface area contributed by atoms with Gasteiger partial charge in [0.25, 0.3) is 11.1 Å². The summed E-state index contributed by atoms with van der Waals surface area (Å²) in [6.45, 7) is -0.222. The van der Waals surface area contributed by atoms with Crippen molar-refractivity contribution in [3.63, 3.8) is 0 Å². The van der Waals surface area contributed by atoms with Crippen LogP contribution in [0.15, 0.2) is 59.5 Å². The number of imide groups is 1. The van der Waals surface area contributed by atoms with E-state index in [1.165, 1.54) is 7.11 Å². The normalized spacial score (nSPS) is 14.6. The number of amides is 2. The highest BCUT2D eigenvalue weighted by Gasteiger charge is 2.35. The Morgan fingerprint density at radius 1 is 1.09 bits per heavy atom. The molecular formula is C25H20INO7S. The second-order valence-electron chi connectivity index (χ2n) is 7.38. The number of methoxy groups -OCH3 is 1. The minimum Gasteiger partial charge on any atom is -0.493 e. The number of ether oxygens (including phenoxy) is 3. The lowest BCUT2D eigenvalue weighted by Gasteiger charge is -2.14. The minimum absolute atomic E-state index is 0.119. The van der Waals surface area contributed by atoms with Crippen molar-refractivity contribution < 1.29 is 33.7 Å². The van der Waals surface area contributed by atoms with Crippen LogP contribution >= 0.6 is 34.4 Å². The molecule has 8 nitrogen and oxygen atoms in total. The molecule has 0 aromatic heterocycles. The first kappa shape index (κ1) is 24.9. The van der Waals surface area contributed by atoms with Gasteiger partial charge in [-0.05, 0) is 69.6 Å². The largest absolute Gasteiger partial charge is 0.493 e. The number of halogens is 1. The number of carboxylic acids is 1. The minimum atomic E-state index is -1.11. The molecule has 0 atom stereocenters. The van der Waals surface area contributed by atoms with Crippen molar-refractivity contribution >= 4 is 68.3 Å². The van der Waals surface area contributed by atoms with Crippen molar-refractivity contribution in [1.82, 2.24) is 4.90 Å². The van der Waals surface area contributed by atoms with Gasteiger partial charge in [0.05, 0.1) is 22.1 Å². The maximum absolute atomic E-state index is 12.9. The number of carboxylic acid groups (broad SMARTS) is 1. The number of benzene rings is 3.